The molecule has 0 radical (unpaired) electrons. The standard InChI is InChI=1S/C11H9BrFN3/c12-10-2-1-9(13)3-11(10)16-6-8-4-14-7-15-5-8/h1-5,7,16H,6H2. The first kappa shape index (κ1) is 11.0. The molecule has 0 aliphatic carbocycles. The van der Waals surface area contributed by atoms with Gasteiger partial charge in [0.2, 0.25) is 0 Å². The highest BCUT2D eigenvalue weighted by molar-refractivity contribution is 9.10. The van der Waals surface area contributed by atoms with E-state index >= 15 is 0 Å². The molecule has 0 bridgehead atoms. The van der Waals surface area contributed by atoms with Gasteiger partial charge >= 0.3 is 0 Å². The minimum Gasteiger partial charge on any atom is -0.380 e. The summed E-state index contributed by atoms with van der Waals surface area (Å²) < 4.78 is 13.8. The van der Waals surface area contributed by atoms with Crippen molar-refractivity contribution in [2.45, 2.75) is 6.54 Å². The molecule has 0 fully saturated rings. The Hall–Kier alpha value is -1.49. The molecule has 2 rings (SSSR count). The van der Waals surface area contributed by atoms with Crippen molar-refractivity contribution in [1.29, 1.82) is 0 Å². The van der Waals surface area contributed by atoms with Gasteiger partial charge in [0.25, 0.3) is 0 Å². The Labute approximate surface area is 101 Å². The van der Waals surface area contributed by atoms with E-state index in [0.717, 1.165) is 10.0 Å². The monoisotopic (exact) mass is 281 g/mol. The molecule has 0 unspecified atom stereocenters. The third kappa shape index (κ3) is 2.76. The van der Waals surface area contributed by atoms with Crippen LogP contribution in [-0.2, 0) is 6.54 Å². The molecular weight excluding hydrogens is 273 g/mol. The summed E-state index contributed by atoms with van der Waals surface area (Å²) in [5.41, 5.74) is 1.66. The van der Waals surface area contributed by atoms with Crippen LogP contribution in [0.25, 0.3) is 0 Å². The summed E-state index contributed by atoms with van der Waals surface area (Å²) in [6.07, 6.45) is 4.90. The molecule has 2 aromatic rings. The summed E-state index contributed by atoms with van der Waals surface area (Å²) in [5.74, 6) is -0.269. The SMILES string of the molecule is Fc1ccc(Br)c(NCc2cncnc2)c1. The third-order valence-corrected chi connectivity index (χ3v) is 2.72. The topological polar surface area (TPSA) is 37.8 Å². The zero-order chi connectivity index (χ0) is 11.4. The molecule has 0 aliphatic rings. The van der Waals surface area contributed by atoms with Gasteiger partial charge < -0.3 is 5.32 Å². The van der Waals surface area contributed by atoms with Crippen molar-refractivity contribution in [2.75, 3.05) is 5.32 Å². The number of nitrogens with one attached hydrogen (secondary N) is 1. The van der Waals surface area contributed by atoms with Crippen LogP contribution in [0.15, 0.2) is 41.4 Å². The van der Waals surface area contributed by atoms with E-state index in [1.165, 1.54) is 18.5 Å². The Morgan fingerprint density at radius 3 is 2.75 bits per heavy atom. The van der Waals surface area contributed by atoms with Crippen LogP contribution in [0.1, 0.15) is 5.56 Å². The van der Waals surface area contributed by atoms with Gasteiger partial charge in [-0.3, -0.25) is 0 Å². The molecule has 5 heteroatoms. The maximum Gasteiger partial charge on any atom is 0.125 e. The Morgan fingerprint density at radius 2 is 2.00 bits per heavy atom. The quantitative estimate of drug-likeness (QED) is 0.940. The number of anilines is 1. The van der Waals surface area contributed by atoms with Gasteiger partial charge in [-0.15, -0.1) is 0 Å². The lowest BCUT2D eigenvalue weighted by atomic mass is 10.3. The fourth-order valence-corrected chi connectivity index (χ4v) is 1.64. The van der Waals surface area contributed by atoms with E-state index in [2.05, 4.69) is 31.2 Å². The van der Waals surface area contributed by atoms with Crippen molar-refractivity contribution in [3.8, 4) is 0 Å². The van der Waals surface area contributed by atoms with Crippen molar-refractivity contribution >= 4 is 21.6 Å². The van der Waals surface area contributed by atoms with Crippen molar-refractivity contribution in [3.05, 3.63) is 52.8 Å². The summed E-state index contributed by atoms with van der Waals surface area (Å²) in [4.78, 5) is 7.80. The number of halogens is 2. The van der Waals surface area contributed by atoms with Gasteiger partial charge in [0.1, 0.15) is 12.1 Å². The summed E-state index contributed by atoms with van der Waals surface area (Å²) in [6.45, 7) is 0.558. The van der Waals surface area contributed by atoms with Crippen LogP contribution in [0.3, 0.4) is 0 Å². The highest BCUT2D eigenvalue weighted by Crippen LogP contribution is 2.23. The number of hydrogen-bond donors (Lipinski definition) is 1. The smallest absolute Gasteiger partial charge is 0.125 e. The van der Waals surface area contributed by atoms with Crippen LogP contribution in [0.5, 0.6) is 0 Å². The third-order valence-electron chi connectivity index (χ3n) is 2.03. The summed E-state index contributed by atoms with van der Waals surface area (Å²) in [7, 11) is 0. The second-order valence-corrected chi connectivity index (χ2v) is 4.08. The Morgan fingerprint density at radius 1 is 1.25 bits per heavy atom. The second kappa shape index (κ2) is 5.03. The van der Waals surface area contributed by atoms with E-state index in [9.17, 15) is 4.39 Å². The highest BCUT2D eigenvalue weighted by Gasteiger charge is 2.01. The minimum atomic E-state index is -0.269. The number of hydrogen-bond acceptors (Lipinski definition) is 3. The normalized spacial score (nSPS) is 10.1. The van der Waals surface area contributed by atoms with Gasteiger partial charge in [-0.1, -0.05) is 0 Å². The molecule has 3 nitrogen and oxygen atoms in total. The van der Waals surface area contributed by atoms with Crippen LogP contribution in [0.4, 0.5) is 10.1 Å². The first-order valence-electron chi connectivity index (χ1n) is 4.68. The van der Waals surface area contributed by atoms with E-state index in [-0.39, 0.29) is 5.82 Å². The first-order valence-corrected chi connectivity index (χ1v) is 5.48. The van der Waals surface area contributed by atoms with Crippen LogP contribution >= 0.6 is 15.9 Å². The van der Waals surface area contributed by atoms with E-state index in [1.807, 2.05) is 0 Å². The molecular formula is C11H9BrFN3. The molecule has 1 aromatic carbocycles. The van der Waals surface area contributed by atoms with Crippen molar-refractivity contribution in [2.24, 2.45) is 0 Å². The molecule has 16 heavy (non-hydrogen) atoms. The largest absolute Gasteiger partial charge is 0.380 e. The fourth-order valence-electron chi connectivity index (χ4n) is 1.25. The molecule has 0 aliphatic heterocycles. The molecule has 0 saturated carbocycles. The fraction of sp³-hybridized carbons (Fsp3) is 0.0909. The second-order valence-electron chi connectivity index (χ2n) is 3.22. The maximum atomic E-state index is 13.0. The number of rotatable bonds is 3. The molecule has 0 saturated heterocycles. The highest BCUT2D eigenvalue weighted by atomic mass is 79.9. The van der Waals surface area contributed by atoms with Crippen LogP contribution in [0, 0.1) is 5.82 Å². The van der Waals surface area contributed by atoms with Gasteiger partial charge in [0.05, 0.1) is 5.69 Å². The average Bonchev–Trinajstić information content (AvgIpc) is 2.32. The van der Waals surface area contributed by atoms with E-state index in [0.29, 0.717) is 12.2 Å². The van der Waals surface area contributed by atoms with Gasteiger partial charge in [-0.25, -0.2) is 14.4 Å². The molecule has 1 aromatic heterocycles. The predicted octanol–water partition coefficient (Wildman–Crippen LogP) is 2.99. The average molecular weight is 282 g/mol. The minimum absolute atomic E-state index is 0.269. The number of aromatic nitrogens is 2. The van der Waals surface area contributed by atoms with Crippen LogP contribution < -0.4 is 5.32 Å². The van der Waals surface area contributed by atoms with E-state index in [4.69, 9.17) is 0 Å². The van der Waals surface area contributed by atoms with Crippen molar-refractivity contribution < 1.29 is 4.39 Å². The zero-order valence-corrected chi connectivity index (χ0v) is 9.91. The molecule has 0 amide bonds. The van der Waals surface area contributed by atoms with Gasteiger partial charge in [0.15, 0.2) is 0 Å². The van der Waals surface area contributed by atoms with Crippen LogP contribution in [-0.4, -0.2) is 9.97 Å². The lowest BCUT2D eigenvalue weighted by Crippen LogP contribution is -2.01. The van der Waals surface area contributed by atoms with Gasteiger partial charge in [-0.2, -0.15) is 0 Å². The van der Waals surface area contributed by atoms with Crippen LogP contribution in [0.2, 0.25) is 0 Å². The predicted molar refractivity (Wildman–Crippen MR) is 63.5 cm³/mol. The van der Waals surface area contributed by atoms with Gasteiger partial charge in [0, 0.05) is 29.0 Å². The molecule has 82 valence electrons. The van der Waals surface area contributed by atoms with E-state index < -0.39 is 0 Å². The van der Waals surface area contributed by atoms with E-state index in [1.54, 1.807) is 18.5 Å². The van der Waals surface area contributed by atoms with Crippen molar-refractivity contribution in [3.63, 3.8) is 0 Å². The summed E-state index contributed by atoms with van der Waals surface area (Å²) in [5, 5.41) is 3.10. The lowest BCUT2D eigenvalue weighted by Gasteiger charge is -2.07. The number of benzene rings is 1. The summed E-state index contributed by atoms with van der Waals surface area (Å²) in [6, 6.07) is 4.51. The maximum absolute atomic E-state index is 13.0. The molecule has 0 atom stereocenters. The Balaban J connectivity index is 2.08. The Kier molecular flexibility index (Phi) is 3.46. The zero-order valence-electron chi connectivity index (χ0n) is 8.32. The molecule has 0 spiro atoms. The number of nitrogens with zero attached hydrogens (tertiary/aromatic N) is 2. The molecule has 1 N–H and O–H groups in total. The summed E-state index contributed by atoms with van der Waals surface area (Å²) >= 11 is 3.34. The van der Waals surface area contributed by atoms with Gasteiger partial charge in [-0.05, 0) is 34.1 Å². The first-order chi connectivity index (χ1) is 7.75. The Bertz CT molecular complexity index is 476. The lowest BCUT2D eigenvalue weighted by molar-refractivity contribution is 0.628. The van der Waals surface area contributed by atoms with Crippen molar-refractivity contribution in [1.82, 2.24) is 9.97 Å². The molecule has 1 heterocycles.